The summed E-state index contributed by atoms with van der Waals surface area (Å²) in [5.41, 5.74) is 1.00. The minimum atomic E-state index is -0.229. The largest absolute Gasteiger partial charge is 0.303 e. The van der Waals surface area contributed by atoms with Gasteiger partial charge in [0.25, 0.3) is 0 Å². The van der Waals surface area contributed by atoms with Crippen LogP contribution in [0.5, 0.6) is 0 Å². The Labute approximate surface area is 151 Å². The molecular weight excluding hydrogens is 326 g/mol. The van der Waals surface area contributed by atoms with Gasteiger partial charge in [0.2, 0.25) is 0 Å². The van der Waals surface area contributed by atoms with Crippen molar-refractivity contribution in [3.05, 3.63) is 35.9 Å². The number of hydrogen-bond acceptors (Lipinski definition) is 3. The van der Waals surface area contributed by atoms with E-state index in [-0.39, 0.29) is 17.8 Å². The lowest BCUT2D eigenvalue weighted by atomic mass is 9.70. The number of halogens is 1. The van der Waals surface area contributed by atoms with Gasteiger partial charge >= 0.3 is 0 Å². The first kappa shape index (κ1) is 20.5. The third-order valence-electron chi connectivity index (χ3n) is 4.96. The van der Waals surface area contributed by atoms with Gasteiger partial charge in [-0.15, -0.1) is 12.4 Å². The number of carbonyl (C=O) groups excluding carboxylic acids is 1. The molecule has 130 valence electrons. The van der Waals surface area contributed by atoms with Gasteiger partial charge in [0.1, 0.15) is 0 Å². The summed E-state index contributed by atoms with van der Waals surface area (Å²) in [6.45, 7) is 7.50. The monoisotopic (exact) mass is 355 g/mol. The minimum Gasteiger partial charge on any atom is -0.303 e. The van der Waals surface area contributed by atoms with E-state index in [1.54, 1.807) is 11.8 Å². The summed E-state index contributed by atoms with van der Waals surface area (Å²) in [4.78, 5) is 15.4. The molecule has 1 saturated carbocycles. The number of benzene rings is 1. The fourth-order valence-electron chi connectivity index (χ4n) is 3.47. The molecule has 0 atom stereocenters. The number of rotatable bonds is 7. The second-order valence-electron chi connectivity index (χ2n) is 6.17. The van der Waals surface area contributed by atoms with Gasteiger partial charge in [-0.05, 0) is 31.5 Å². The van der Waals surface area contributed by atoms with Crippen molar-refractivity contribution < 1.29 is 4.79 Å². The molecule has 0 bridgehead atoms. The summed E-state index contributed by atoms with van der Waals surface area (Å²) in [6.07, 6.45) is 5.67. The van der Waals surface area contributed by atoms with Crippen molar-refractivity contribution >= 4 is 29.3 Å². The number of nitrogens with zero attached hydrogens (tertiary/aromatic N) is 1. The molecule has 0 spiro atoms. The van der Waals surface area contributed by atoms with E-state index in [9.17, 15) is 4.79 Å². The molecule has 2 rings (SSSR count). The van der Waals surface area contributed by atoms with Gasteiger partial charge < -0.3 is 4.90 Å². The van der Waals surface area contributed by atoms with Crippen LogP contribution in [0.3, 0.4) is 0 Å². The maximum atomic E-state index is 13.0. The van der Waals surface area contributed by atoms with E-state index in [0.717, 1.165) is 38.2 Å². The maximum Gasteiger partial charge on any atom is 0.199 e. The first-order chi connectivity index (χ1) is 10.7. The van der Waals surface area contributed by atoms with Crippen LogP contribution in [-0.4, -0.2) is 35.4 Å². The minimum absolute atomic E-state index is 0. The highest BCUT2D eigenvalue weighted by atomic mass is 35.5. The highest BCUT2D eigenvalue weighted by Crippen LogP contribution is 2.42. The molecule has 0 N–H and O–H groups in total. The number of thioether (sulfide) groups is 1. The first-order valence-electron chi connectivity index (χ1n) is 8.68. The van der Waals surface area contributed by atoms with E-state index in [2.05, 4.69) is 43.0 Å². The van der Waals surface area contributed by atoms with Crippen LogP contribution < -0.4 is 0 Å². The smallest absolute Gasteiger partial charge is 0.199 e. The Hall–Kier alpha value is -0.510. The van der Waals surface area contributed by atoms with Crippen LogP contribution in [0.15, 0.2) is 30.3 Å². The normalized spacial score (nSPS) is 16.8. The SMILES string of the molecule is CCN(CC)CCSC(=O)C1(c2ccccc2)CCCCC1.Cl. The van der Waals surface area contributed by atoms with Crippen molar-refractivity contribution in [3.8, 4) is 0 Å². The molecule has 23 heavy (non-hydrogen) atoms. The van der Waals surface area contributed by atoms with Crippen LogP contribution in [0.2, 0.25) is 0 Å². The van der Waals surface area contributed by atoms with Gasteiger partial charge in [0.05, 0.1) is 5.41 Å². The Bertz CT molecular complexity index is 456. The molecule has 2 nitrogen and oxygen atoms in total. The van der Waals surface area contributed by atoms with Gasteiger partial charge in [0, 0.05) is 12.3 Å². The lowest BCUT2D eigenvalue weighted by Gasteiger charge is -2.36. The Kier molecular flexibility index (Phi) is 9.26. The van der Waals surface area contributed by atoms with Crippen LogP contribution in [0.1, 0.15) is 51.5 Å². The topological polar surface area (TPSA) is 20.3 Å². The van der Waals surface area contributed by atoms with E-state index >= 15 is 0 Å². The zero-order valence-electron chi connectivity index (χ0n) is 14.4. The third kappa shape index (κ3) is 5.23. The fourth-order valence-corrected chi connectivity index (χ4v) is 4.60. The predicted octanol–water partition coefficient (Wildman–Crippen LogP) is 4.91. The summed E-state index contributed by atoms with van der Waals surface area (Å²) in [6, 6.07) is 10.5. The lowest BCUT2D eigenvalue weighted by molar-refractivity contribution is -0.117. The van der Waals surface area contributed by atoms with Gasteiger partial charge in [-0.3, -0.25) is 4.79 Å². The second kappa shape index (κ2) is 10.4. The second-order valence-corrected chi connectivity index (χ2v) is 7.24. The quantitative estimate of drug-likeness (QED) is 0.693. The molecule has 1 aromatic rings. The van der Waals surface area contributed by atoms with Crippen molar-refractivity contribution in [2.45, 2.75) is 51.4 Å². The van der Waals surface area contributed by atoms with Crippen LogP contribution in [0.25, 0.3) is 0 Å². The van der Waals surface area contributed by atoms with E-state index in [1.807, 2.05) is 6.07 Å². The Balaban J connectivity index is 0.00000264. The van der Waals surface area contributed by atoms with Crippen LogP contribution >= 0.6 is 24.2 Å². The van der Waals surface area contributed by atoms with Gasteiger partial charge in [-0.2, -0.15) is 0 Å². The van der Waals surface area contributed by atoms with Crippen LogP contribution in [-0.2, 0) is 10.2 Å². The first-order valence-corrected chi connectivity index (χ1v) is 9.66. The Morgan fingerprint density at radius 1 is 1.09 bits per heavy atom. The van der Waals surface area contributed by atoms with E-state index < -0.39 is 0 Å². The standard InChI is InChI=1S/C19H29NOS.ClH/c1-3-20(4-2)15-16-22-18(21)19(13-9-6-10-14-19)17-11-7-5-8-12-17;/h5,7-8,11-12H,3-4,6,9-10,13-16H2,1-2H3;1H. The summed E-state index contributed by atoms with van der Waals surface area (Å²) in [5, 5.41) is 0.394. The number of hydrogen-bond donors (Lipinski definition) is 0. The molecule has 0 aromatic heterocycles. The fraction of sp³-hybridized carbons (Fsp3) is 0.632. The van der Waals surface area contributed by atoms with Crippen LogP contribution in [0.4, 0.5) is 0 Å². The Morgan fingerprint density at radius 2 is 1.70 bits per heavy atom. The van der Waals surface area contributed by atoms with Gasteiger partial charge in [-0.25, -0.2) is 0 Å². The van der Waals surface area contributed by atoms with E-state index in [1.165, 1.54) is 24.8 Å². The van der Waals surface area contributed by atoms with Crippen molar-refractivity contribution in [2.75, 3.05) is 25.4 Å². The molecule has 4 heteroatoms. The molecule has 1 fully saturated rings. The molecule has 0 radical (unpaired) electrons. The molecule has 0 aliphatic heterocycles. The van der Waals surface area contributed by atoms with Gasteiger partial charge in [-0.1, -0.05) is 75.2 Å². The van der Waals surface area contributed by atoms with Crippen molar-refractivity contribution in [3.63, 3.8) is 0 Å². The molecule has 0 unspecified atom stereocenters. The maximum absolute atomic E-state index is 13.0. The molecular formula is C19H30ClNOS. The number of carbonyl (C=O) groups is 1. The highest BCUT2D eigenvalue weighted by molar-refractivity contribution is 8.13. The predicted molar refractivity (Wildman–Crippen MR) is 104 cm³/mol. The zero-order chi connectivity index (χ0) is 15.8. The average molecular weight is 356 g/mol. The molecule has 1 aliphatic carbocycles. The molecule has 1 aromatic carbocycles. The van der Waals surface area contributed by atoms with Crippen molar-refractivity contribution in [1.29, 1.82) is 0 Å². The molecule has 0 amide bonds. The summed E-state index contributed by atoms with van der Waals surface area (Å²) in [5.74, 6) is 0.912. The third-order valence-corrected chi connectivity index (χ3v) is 6.00. The zero-order valence-corrected chi connectivity index (χ0v) is 16.1. The summed E-state index contributed by atoms with van der Waals surface area (Å²) >= 11 is 1.56. The van der Waals surface area contributed by atoms with Crippen molar-refractivity contribution in [1.82, 2.24) is 4.90 Å². The van der Waals surface area contributed by atoms with Crippen LogP contribution in [0, 0.1) is 0 Å². The molecule has 0 saturated heterocycles. The average Bonchev–Trinajstić information content (AvgIpc) is 2.60. The summed E-state index contributed by atoms with van der Waals surface area (Å²) in [7, 11) is 0. The van der Waals surface area contributed by atoms with E-state index in [4.69, 9.17) is 0 Å². The van der Waals surface area contributed by atoms with E-state index in [0.29, 0.717) is 5.12 Å². The Morgan fingerprint density at radius 3 is 2.26 bits per heavy atom. The molecule has 0 heterocycles. The highest BCUT2D eigenvalue weighted by Gasteiger charge is 2.40. The molecule has 1 aliphatic rings. The van der Waals surface area contributed by atoms with Gasteiger partial charge in [0.15, 0.2) is 5.12 Å². The summed E-state index contributed by atoms with van der Waals surface area (Å²) < 4.78 is 0. The lowest BCUT2D eigenvalue weighted by Crippen LogP contribution is -2.37. The van der Waals surface area contributed by atoms with Crippen molar-refractivity contribution in [2.24, 2.45) is 0 Å².